The summed E-state index contributed by atoms with van der Waals surface area (Å²) >= 11 is 1.93. The van der Waals surface area contributed by atoms with Crippen LogP contribution in [-0.4, -0.2) is 29.3 Å². The maximum absolute atomic E-state index is 8.84. The second-order valence-electron chi connectivity index (χ2n) is 4.60. The zero-order valence-electron chi connectivity index (χ0n) is 11.6. The lowest BCUT2D eigenvalue weighted by Crippen LogP contribution is -2.28. The van der Waals surface area contributed by atoms with E-state index in [0.717, 1.165) is 18.7 Å². The van der Waals surface area contributed by atoms with Crippen molar-refractivity contribution in [2.75, 3.05) is 18.9 Å². The molecule has 0 radical (unpaired) electrons. The third-order valence-electron chi connectivity index (χ3n) is 3.01. The summed E-state index contributed by atoms with van der Waals surface area (Å²) in [7, 11) is 0. The second-order valence-corrected chi connectivity index (χ2v) is 6.08. The Morgan fingerprint density at radius 3 is 2.50 bits per heavy atom. The van der Waals surface area contributed by atoms with Crippen LogP contribution in [-0.2, 0) is 0 Å². The van der Waals surface area contributed by atoms with E-state index in [-0.39, 0.29) is 6.61 Å². The van der Waals surface area contributed by atoms with Gasteiger partial charge in [0.05, 0.1) is 0 Å². The summed E-state index contributed by atoms with van der Waals surface area (Å²) in [5.41, 5.74) is 2.65. The van der Waals surface area contributed by atoms with Gasteiger partial charge in [0.2, 0.25) is 0 Å². The van der Waals surface area contributed by atoms with E-state index in [1.165, 1.54) is 11.1 Å². The fraction of sp³-hybridized carbons (Fsp3) is 0.600. The van der Waals surface area contributed by atoms with E-state index in [2.05, 4.69) is 50.4 Å². The Morgan fingerprint density at radius 1 is 1.28 bits per heavy atom. The fourth-order valence-electron chi connectivity index (χ4n) is 1.98. The summed E-state index contributed by atoms with van der Waals surface area (Å²) in [5.74, 6) is 1.02. The maximum atomic E-state index is 8.84. The lowest BCUT2D eigenvalue weighted by atomic mass is 10.0. The van der Waals surface area contributed by atoms with Crippen molar-refractivity contribution in [1.82, 2.24) is 5.32 Å². The lowest BCUT2D eigenvalue weighted by Gasteiger charge is -2.25. The first-order valence-corrected chi connectivity index (χ1v) is 7.76. The predicted molar refractivity (Wildman–Crippen MR) is 81.2 cm³/mol. The van der Waals surface area contributed by atoms with Gasteiger partial charge in [0.25, 0.3) is 0 Å². The number of rotatable bonds is 8. The first-order valence-electron chi connectivity index (χ1n) is 6.71. The van der Waals surface area contributed by atoms with Crippen molar-refractivity contribution in [3.8, 4) is 0 Å². The number of hydrogen-bond donors (Lipinski definition) is 2. The van der Waals surface area contributed by atoms with Gasteiger partial charge in [-0.1, -0.05) is 43.7 Å². The first-order chi connectivity index (χ1) is 8.69. The highest BCUT2D eigenvalue weighted by Gasteiger charge is 2.18. The summed E-state index contributed by atoms with van der Waals surface area (Å²) in [5, 5.41) is 12.9. The van der Waals surface area contributed by atoms with E-state index in [1.807, 2.05) is 11.8 Å². The van der Waals surface area contributed by atoms with E-state index in [9.17, 15) is 0 Å². The van der Waals surface area contributed by atoms with Crippen LogP contribution in [0.2, 0.25) is 0 Å². The molecular weight excluding hydrogens is 242 g/mol. The summed E-state index contributed by atoms with van der Waals surface area (Å²) in [6.07, 6.45) is 0.877. The van der Waals surface area contributed by atoms with Crippen molar-refractivity contribution in [3.05, 3.63) is 35.4 Å². The third-order valence-corrected chi connectivity index (χ3v) is 4.34. The number of aliphatic hydroxyl groups is 1. The monoisotopic (exact) mass is 267 g/mol. The Balaban J connectivity index is 2.65. The van der Waals surface area contributed by atoms with Crippen molar-refractivity contribution < 1.29 is 5.11 Å². The normalized spacial score (nSPS) is 14.4. The Labute approximate surface area is 115 Å². The first kappa shape index (κ1) is 15.5. The molecule has 0 amide bonds. The van der Waals surface area contributed by atoms with Gasteiger partial charge in [0.15, 0.2) is 0 Å². The van der Waals surface area contributed by atoms with Crippen molar-refractivity contribution in [3.63, 3.8) is 0 Å². The minimum absolute atomic E-state index is 0.288. The molecule has 0 aromatic heterocycles. The molecule has 0 aliphatic carbocycles. The van der Waals surface area contributed by atoms with Gasteiger partial charge in [-0.05, 0) is 31.2 Å². The van der Waals surface area contributed by atoms with Gasteiger partial charge < -0.3 is 10.4 Å². The van der Waals surface area contributed by atoms with Crippen molar-refractivity contribution in [2.45, 2.75) is 38.5 Å². The summed E-state index contributed by atoms with van der Waals surface area (Å²) in [6, 6.07) is 9.16. The molecule has 0 bridgehead atoms. The van der Waals surface area contributed by atoms with Crippen LogP contribution in [0.15, 0.2) is 24.3 Å². The molecular formula is C15H25NOS. The van der Waals surface area contributed by atoms with Crippen LogP contribution in [0.5, 0.6) is 0 Å². The zero-order chi connectivity index (χ0) is 13.4. The SMILES string of the molecule is CCNC(c1ccc(C)cc1)C(C)SCCCO. The van der Waals surface area contributed by atoms with E-state index in [0.29, 0.717) is 11.3 Å². The quantitative estimate of drug-likeness (QED) is 0.710. The molecule has 2 nitrogen and oxygen atoms in total. The molecule has 2 atom stereocenters. The molecule has 1 rings (SSSR count). The molecule has 0 spiro atoms. The number of aryl methyl sites for hydroxylation is 1. The van der Waals surface area contributed by atoms with Crippen LogP contribution in [0, 0.1) is 6.92 Å². The van der Waals surface area contributed by atoms with Crippen LogP contribution in [0.25, 0.3) is 0 Å². The van der Waals surface area contributed by atoms with E-state index in [1.54, 1.807) is 0 Å². The second kappa shape index (κ2) is 8.57. The highest BCUT2D eigenvalue weighted by molar-refractivity contribution is 7.99. The van der Waals surface area contributed by atoms with Crippen LogP contribution < -0.4 is 5.32 Å². The molecule has 3 heteroatoms. The number of thioether (sulfide) groups is 1. The van der Waals surface area contributed by atoms with Crippen LogP contribution in [0.3, 0.4) is 0 Å². The number of hydrogen-bond acceptors (Lipinski definition) is 3. The maximum Gasteiger partial charge on any atom is 0.0438 e. The molecule has 1 aromatic rings. The largest absolute Gasteiger partial charge is 0.396 e. The highest BCUT2D eigenvalue weighted by Crippen LogP contribution is 2.27. The molecule has 102 valence electrons. The predicted octanol–water partition coefficient (Wildman–Crippen LogP) is 3.15. The molecule has 0 aliphatic rings. The summed E-state index contributed by atoms with van der Waals surface area (Å²) in [4.78, 5) is 0. The summed E-state index contributed by atoms with van der Waals surface area (Å²) < 4.78 is 0. The molecule has 0 fully saturated rings. The summed E-state index contributed by atoms with van der Waals surface area (Å²) in [6.45, 7) is 7.78. The molecule has 2 N–H and O–H groups in total. The highest BCUT2D eigenvalue weighted by atomic mass is 32.2. The molecule has 18 heavy (non-hydrogen) atoms. The van der Waals surface area contributed by atoms with Gasteiger partial charge in [-0.2, -0.15) is 11.8 Å². The minimum Gasteiger partial charge on any atom is -0.396 e. The fourth-order valence-corrected chi connectivity index (χ4v) is 3.09. The molecule has 1 aromatic carbocycles. The van der Waals surface area contributed by atoms with Gasteiger partial charge in [0, 0.05) is 17.9 Å². The van der Waals surface area contributed by atoms with Gasteiger partial charge in [0.1, 0.15) is 0 Å². The lowest BCUT2D eigenvalue weighted by molar-refractivity contribution is 0.296. The Morgan fingerprint density at radius 2 is 1.94 bits per heavy atom. The Hall–Kier alpha value is -0.510. The van der Waals surface area contributed by atoms with Crippen molar-refractivity contribution >= 4 is 11.8 Å². The Kier molecular flexibility index (Phi) is 7.40. The molecule has 0 saturated heterocycles. The van der Waals surface area contributed by atoms with Crippen LogP contribution in [0.4, 0.5) is 0 Å². The van der Waals surface area contributed by atoms with E-state index in [4.69, 9.17) is 5.11 Å². The van der Waals surface area contributed by atoms with Crippen LogP contribution in [0.1, 0.15) is 37.4 Å². The molecule has 0 heterocycles. The number of benzene rings is 1. The smallest absolute Gasteiger partial charge is 0.0438 e. The van der Waals surface area contributed by atoms with Gasteiger partial charge in [-0.15, -0.1) is 0 Å². The molecule has 0 aliphatic heterocycles. The van der Waals surface area contributed by atoms with Gasteiger partial charge in [-0.25, -0.2) is 0 Å². The van der Waals surface area contributed by atoms with Gasteiger partial charge >= 0.3 is 0 Å². The number of aliphatic hydroxyl groups excluding tert-OH is 1. The van der Waals surface area contributed by atoms with Crippen LogP contribution >= 0.6 is 11.8 Å². The number of nitrogens with one attached hydrogen (secondary N) is 1. The average molecular weight is 267 g/mol. The van der Waals surface area contributed by atoms with Crippen molar-refractivity contribution in [1.29, 1.82) is 0 Å². The van der Waals surface area contributed by atoms with E-state index >= 15 is 0 Å². The average Bonchev–Trinajstić information content (AvgIpc) is 2.37. The Bertz CT molecular complexity index is 326. The standard InChI is InChI=1S/C15H25NOS/c1-4-16-15(13(3)18-11-5-10-17)14-8-6-12(2)7-9-14/h6-9,13,15-17H,4-5,10-11H2,1-3H3. The van der Waals surface area contributed by atoms with Gasteiger partial charge in [-0.3, -0.25) is 0 Å². The van der Waals surface area contributed by atoms with Crippen molar-refractivity contribution in [2.24, 2.45) is 0 Å². The topological polar surface area (TPSA) is 32.3 Å². The van der Waals surface area contributed by atoms with E-state index < -0.39 is 0 Å². The zero-order valence-corrected chi connectivity index (χ0v) is 12.5. The molecule has 2 unspecified atom stereocenters. The third kappa shape index (κ3) is 5.01. The molecule has 0 saturated carbocycles. The minimum atomic E-state index is 0.288.